The quantitative estimate of drug-likeness (QED) is 0.804. The number of Topliss-reactive ketones (excluding diaryl/α,β-unsaturated/α-hetero) is 1. The molecule has 1 fully saturated rings. The summed E-state index contributed by atoms with van der Waals surface area (Å²) in [6.07, 6.45) is 0.569. The second kappa shape index (κ2) is 5.43. The van der Waals surface area contributed by atoms with Crippen LogP contribution in [0.1, 0.15) is 16.1 Å². The highest BCUT2D eigenvalue weighted by Crippen LogP contribution is 2.19. The molecular weight excluding hydrogens is 224 g/mol. The summed E-state index contributed by atoms with van der Waals surface area (Å²) in [5, 5.41) is 0.703. The van der Waals surface area contributed by atoms with Gasteiger partial charge in [0.1, 0.15) is 0 Å². The molecule has 1 saturated heterocycles. The van der Waals surface area contributed by atoms with E-state index in [0.29, 0.717) is 11.4 Å². The number of nitrogens with two attached hydrogens (primary N) is 1. The number of hydrogen-bond acceptors (Lipinski definition) is 5. The lowest BCUT2D eigenvalue weighted by Gasteiger charge is -2.26. The largest absolute Gasteiger partial charge is 0.391 e. The van der Waals surface area contributed by atoms with E-state index < -0.39 is 0 Å². The van der Waals surface area contributed by atoms with E-state index in [0.717, 1.165) is 37.7 Å². The minimum Gasteiger partial charge on any atom is -0.391 e. The molecule has 0 amide bonds. The van der Waals surface area contributed by atoms with Gasteiger partial charge in [-0.25, -0.2) is 0 Å². The topological polar surface area (TPSA) is 55.6 Å². The molecular formula is C11H16N2O2S. The number of anilines is 1. The summed E-state index contributed by atoms with van der Waals surface area (Å²) in [5.41, 5.74) is 5.59. The zero-order valence-corrected chi connectivity index (χ0v) is 9.96. The molecule has 4 nitrogen and oxygen atoms in total. The van der Waals surface area contributed by atoms with Gasteiger partial charge in [0, 0.05) is 26.1 Å². The van der Waals surface area contributed by atoms with Crippen molar-refractivity contribution in [3.63, 3.8) is 0 Å². The molecule has 2 N–H and O–H groups in total. The summed E-state index contributed by atoms with van der Waals surface area (Å²) >= 11 is 1.37. The van der Waals surface area contributed by atoms with Gasteiger partial charge in [-0.1, -0.05) is 0 Å². The second-order valence-corrected chi connectivity index (χ2v) is 4.94. The molecule has 1 aromatic heterocycles. The second-order valence-electron chi connectivity index (χ2n) is 3.83. The molecule has 0 radical (unpaired) electrons. The maximum absolute atomic E-state index is 11.8. The number of nitrogen functional groups attached to an aromatic ring is 1. The van der Waals surface area contributed by atoms with Gasteiger partial charge in [-0.05, 0) is 12.1 Å². The van der Waals surface area contributed by atoms with Crippen molar-refractivity contribution in [2.75, 3.05) is 38.6 Å². The predicted octanol–water partition coefficient (Wildman–Crippen LogP) is 1.24. The van der Waals surface area contributed by atoms with Crippen LogP contribution in [-0.2, 0) is 4.74 Å². The van der Waals surface area contributed by atoms with Gasteiger partial charge in [-0.2, -0.15) is 0 Å². The third kappa shape index (κ3) is 3.04. The van der Waals surface area contributed by atoms with Crippen molar-refractivity contribution in [1.29, 1.82) is 0 Å². The monoisotopic (exact) mass is 240 g/mol. The molecule has 2 rings (SSSR count). The smallest absolute Gasteiger partial charge is 0.174 e. The third-order valence-electron chi connectivity index (χ3n) is 2.66. The first-order valence-corrected chi connectivity index (χ1v) is 6.26. The van der Waals surface area contributed by atoms with Crippen LogP contribution in [0.25, 0.3) is 0 Å². The highest BCUT2D eigenvalue weighted by molar-refractivity contribution is 7.17. The van der Waals surface area contributed by atoms with Crippen LogP contribution in [0.5, 0.6) is 0 Å². The van der Waals surface area contributed by atoms with Crippen LogP contribution in [0.2, 0.25) is 0 Å². The van der Waals surface area contributed by atoms with Crippen molar-refractivity contribution in [3.8, 4) is 0 Å². The van der Waals surface area contributed by atoms with E-state index in [1.54, 1.807) is 6.07 Å². The SMILES string of the molecule is Nc1ccc(C(=O)CCN2CCOCC2)s1. The van der Waals surface area contributed by atoms with Crippen molar-refractivity contribution in [2.24, 2.45) is 0 Å². The minimum atomic E-state index is 0.188. The molecule has 1 aliphatic heterocycles. The van der Waals surface area contributed by atoms with Crippen LogP contribution in [0.4, 0.5) is 5.00 Å². The Kier molecular flexibility index (Phi) is 3.93. The summed E-state index contributed by atoms with van der Waals surface area (Å²) in [5.74, 6) is 0.188. The molecule has 0 aromatic carbocycles. The molecule has 1 aliphatic rings. The lowest BCUT2D eigenvalue weighted by Crippen LogP contribution is -2.37. The summed E-state index contributed by atoms with van der Waals surface area (Å²) in [4.78, 5) is 14.8. The average molecular weight is 240 g/mol. The normalized spacial score (nSPS) is 17.5. The van der Waals surface area contributed by atoms with E-state index in [1.165, 1.54) is 11.3 Å². The summed E-state index contributed by atoms with van der Waals surface area (Å²) < 4.78 is 5.25. The first-order chi connectivity index (χ1) is 7.75. The molecule has 0 spiro atoms. The van der Waals surface area contributed by atoms with Crippen LogP contribution in [0, 0.1) is 0 Å². The Balaban J connectivity index is 1.79. The van der Waals surface area contributed by atoms with E-state index in [2.05, 4.69) is 4.90 Å². The number of ketones is 1. The first kappa shape index (κ1) is 11.6. The van der Waals surface area contributed by atoms with E-state index in [9.17, 15) is 4.79 Å². The Morgan fingerprint density at radius 2 is 2.19 bits per heavy atom. The standard InChI is InChI=1S/C11H16N2O2S/c12-11-2-1-10(16-11)9(14)3-4-13-5-7-15-8-6-13/h1-2H,3-8,12H2. The Morgan fingerprint density at radius 3 is 2.81 bits per heavy atom. The van der Waals surface area contributed by atoms with Gasteiger partial charge in [0.05, 0.1) is 23.1 Å². The fourth-order valence-electron chi connectivity index (χ4n) is 1.71. The average Bonchev–Trinajstić information content (AvgIpc) is 2.74. The van der Waals surface area contributed by atoms with E-state index in [4.69, 9.17) is 10.5 Å². The molecule has 0 aliphatic carbocycles. The van der Waals surface area contributed by atoms with Gasteiger partial charge in [0.25, 0.3) is 0 Å². The molecule has 2 heterocycles. The number of rotatable bonds is 4. The van der Waals surface area contributed by atoms with Gasteiger partial charge < -0.3 is 10.5 Å². The van der Waals surface area contributed by atoms with Crippen molar-refractivity contribution in [3.05, 3.63) is 17.0 Å². The van der Waals surface area contributed by atoms with Crippen molar-refractivity contribution in [1.82, 2.24) is 4.90 Å². The number of thiophene rings is 1. The summed E-state index contributed by atoms with van der Waals surface area (Å²) in [6, 6.07) is 3.59. The Bertz CT molecular complexity index is 359. The number of nitrogens with zero attached hydrogens (tertiary/aromatic N) is 1. The van der Waals surface area contributed by atoms with E-state index >= 15 is 0 Å². The predicted molar refractivity (Wildman–Crippen MR) is 64.9 cm³/mol. The lowest BCUT2D eigenvalue weighted by atomic mass is 10.2. The maximum atomic E-state index is 11.8. The maximum Gasteiger partial charge on any atom is 0.174 e. The van der Waals surface area contributed by atoms with Gasteiger partial charge in [0.15, 0.2) is 5.78 Å². The minimum absolute atomic E-state index is 0.188. The Labute approximate surface area is 99.0 Å². The summed E-state index contributed by atoms with van der Waals surface area (Å²) in [6.45, 7) is 4.24. The van der Waals surface area contributed by atoms with Gasteiger partial charge in [0.2, 0.25) is 0 Å². The van der Waals surface area contributed by atoms with Crippen LogP contribution in [0.15, 0.2) is 12.1 Å². The van der Waals surface area contributed by atoms with Gasteiger partial charge in [-0.3, -0.25) is 9.69 Å². The number of ether oxygens (including phenoxy) is 1. The Hall–Kier alpha value is -0.910. The molecule has 0 unspecified atom stereocenters. The molecule has 0 saturated carbocycles. The molecule has 0 bridgehead atoms. The van der Waals surface area contributed by atoms with Crippen LogP contribution in [0.3, 0.4) is 0 Å². The van der Waals surface area contributed by atoms with Crippen molar-refractivity contribution < 1.29 is 9.53 Å². The van der Waals surface area contributed by atoms with Gasteiger partial charge in [-0.15, -0.1) is 11.3 Å². The van der Waals surface area contributed by atoms with Crippen LogP contribution < -0.4 is 5.73 Å². The van der Waals surface area contributed by atoms with Crippen LogP contribution >= 0.6 is 11.3 Å². The van der Waals surface area contributed by atoms with Crippen molar-refractivity contribution >= 4 is 22.1 Å². The zero-order chi connectivity index (χ0) is 11.4. The van der Waals surface area contributed by atoms with E-state index in [-0.39, 0.29) is 5.78 Å². The number of carbonyl (C=O) groups excluding carboxylic acids is 1. The Morgan fingerprint density at radius 1 is 1.44 bits per heavy atom. The first-order valence-electron chi connectivity index (χ1n) is 5.44. The van der Waals surface area contributed by atoms with Crippen molar-refractivity contribution in [2.45, 2.75) is 6.42 Å². The number of carbonyl (C=O) groups is 1. The highest BCUT2D eigenvalue weighted by atomic mass is 32.1. The third-order valence-corrected chi connectivity index (χ3v) is 3.62. The molecule has 88 valence electrons. The van der Waals surface area contributed by atoms with Crippen LogP contribution in [-0.4, -0.2) is 43.5 Å². The summed E-state index contributed by atoms with van der Waals surface area (Å²) in [7, 11) is 0. The van der Waals surface area contributed by atoms with Gasteiger partial charge >= 0.3 is 0 Å². The lowest BCUT2D eigenvalue weighted by molar-refractivity contribution is 0.0370. The number of morpholine rings is 1. The number of hydrogen-bond donors (Lipinski definition) is 1. The molecule has 1 aromatic rings. The molecule has 5 heteroatoms. The van der Waals surface area contributed by atoms with E-state index in [1.807, 2.05) is 6.07 Å². The highest BCUT2D eigenvalue weighted by Gasteiger charge is 2.13. The molecule has 0 atom stereocenters. The fourth-order valence-corrected chi connectivity index (χ4v) is 2.45. The zero-order valence-electron chi connectivity index (χ0n) is 9.15. The fraction of sp³-hybridized carbons (Fsp3) is 0.545. The molecule has 16 heavy (non-hydrogen) atoms.